The SMILES string of the molecule is CC1(C)Oc2ccccc2[C@@H]2C=C(c3ccc(Cl)cc3)NN21. The van der Waals surface area contributed by atoms with Gasteiger partial charge in [0.2, 0.25) is 0 Å². The van der Waals surface area contributed by atoms with Crippen molar-refractivity contribution in [2.24, 2.45) is 0 Å². The maximum atomic E-state index is 6.15. The topological polar surface area (TPSA) is 24.5 Å². The Morgan fingerprint density at radius 1 is 1.09 bits per heavy atom. The van der Waals surface area contributed by atoms with E-state index in [4.69, 9.17) is 16.3 Å². The number of ether oxygens (including phenoxy) is 1. The van der Waals surface area contributed by atoms with Crippen LogP contribution >= 0.6 is 11.6 Å². The zero-order valence-electron chi connectivity index (χ0n) is 12.5. The largest absolute Gasteiger partial charge is 0.471 e. The Hall–Kier alpha value is -1.97. The first-order chi connectivity index (χ1) is 10.5. The minimum atomic E-state index is -0.427. The molecule has 3 nitrogen and oxygen atoms in total. The second-order valence-electron chi connectivity index (χ2n) is 6.10. The molecule has 2 aromatic rings. The van der Waals surface area contributed by atoms with Crippen LogP contribution < -0.4 is 10.2 Å². The maximum Gasteiger partial charge on any atom is 0.174 e. The van der Waals surface area contributed by atoms with Gasteiger partial charge in [-0.1, -0.05) is 41.9 Å². The minimum absolute atomic E-state index is 0.158. The average molecular weight is 313 g/mol. The highest BCUT2D eigenvalue weighted by Crippen LogP contribution is 2.44. The van der Waals surface area contributed by atoms with E-state index in [9.17, 15) is 0 Å². The van der Waals surface area contributed by atoms with E-state index < -0.39 is 5.72 Å². The number of halogens is 1. The average Bonchev–Trinajstić information content (AvgIpc) is 2.94. The molecule has 1 atom stereocenters. The van der Waals surface area contributed by atoms with E-state index in [1.165, 1.54) is 5.56 Å². The van der Waals surface area contributed by atoms with Crippen LogP contribution in [0.15, 0.2) is 54.6 Å². The molecule has 0 bridgehead atoms. The van der Waals surface area contributed by atoms with Crippen LogP contribution in [0.25, 0.3) is 5.70 Å². The van der Waals surface area contributed by atoms with Crippen molar-refractivity contribution in [2.75, 3.05) is 0 Å². The second kappa shape index (κ2) is 4.77. The lowest BCUT2D eigenvalue weighted by Crippen LogP contribution is -2.55. The van der Waals surface area contributed by atoms with Gasteiger partial charge in [0.05, 0.1) is 11.7 Å². The first-order valence-electron chi connectivity index (χ1n) is 7.36. The second-order valence-corrected chi connectivity index (χ2v) is 6.54. The molecule has 2 aliphatic rings. The predicted octanol–water partition coefficient (Wildman–Crippen LogP) is 4.37. The van der Waals surface area contributed by atoms with Crippen LogP contribution in [-0.2, 0) is 0 Å². The van der Waals surface area contributed by atoms with Gasteiger partial charge in [0, 0.05) is 10.6 Å². The molecule has 0 radical (unpaired) electrons. The summed E-state index contributed by atoms with van der Waals surface area (Å²) in [5.41, 5.74) is 6.43. The minimum Gasteiger partial charge on any atom is -0.471 e. The van der Waals surface area contributed by atoms with Gasteiger partial charge in [-0.15, -0.1) is 0 Å². The normalized spacial score (nSPS) is 22.1. The molecule has 0 spiro atoms. The summed E-state index contributed by atoms with van der Waals surface area (Å²) < 4.78 is 6.15. The van der Waals surface area contributed by atoms with Crippen LogP contribution in [0.2, 0.25) is 5.02 Å². The molecule has 2 aliphatic heterocycles. The van der Waals surface area contributed by atoms with E-state index in [2.05, 4.69) is 36.4 Å². The Kier molecular flexibility index (Phi) is 2.96. The zero-order valence-corrected chi connectivity index (χ0v) is 13.3. The summed E-state index contributed by atoms with van der Waals surface area (Å²) in [5.74, 6) is 0.948. The number of fused-ring (bicyclic) bond motifs is 3. The van der Waals surface area contributed by atoms with Crippen molar-refractivity contribution in [1.29, 1.82) is 0 Å². The van der Waals surface area contributed by atoms with Gasteiger partial charge in [0.15, 0.2) is 5.72 Å². The molecule has 0 saturated carbocycles. The third-order valence-corrected chi connectivity index (χ3v) is 4.43. The molecular formula is C18H17ClN2O. The molecule has 1 N–H and O–H groups in total. The summed E-state index contributed by atoms with van der Waals surface area (Å²) in [4.78, 5) is 0. The molecule has 112 valence electrons. The van der Waals surface area contributed by atoms with Crippen LogP contribution in [0.5, 0.6) is 5.75 Å². The number of hydrogen-bond donors (Lipinski definition) is 1. The Balaban J connectivity index is 1.78. The van der Waals surface area contributed by atoms with Crippen LogP contribution in [0, 0.1) is 0 Å². The van der Waals surface area contributed by atoms with E-state index in [-0.39, 0.29) is 6.04 Å². The molecule has 2 heterocycles. The van der Waals surface area contributed by atoms with Gasteiger partial charge < -0.3 is 10.2 Å². The fourth-order valence-electron chi connectivity index (χ4n) is 3.09. The number of benzene rings is 2. The maximum absolute atomic E-state index is 6.15. The molecule has 0 aromatic heterocycles. The Labute approximate surface area is 135 Å². The Morgan fingerprint density at radius 3 is 2.59 bits per heavy atom. The van der Waals surface area contributed by atoms with Crippen LogP contribution in [0.4, 0.5) is 0 Å². The molecule has 4 heteroatoms. The van der Waals surface area contributed by atoms with Crippen molar-refractivity contribution in [3.63, 3.8) is 0 Å². The van der Waals surface area contributed by atoms with Crippen molar-refractivity contribution in [1.82, 2.24) is 10.4 Å². The molecule has 0 aliphatic carbocycles. The van der Waals surface area contributed by atoms with E-state index in [1.54, 1.807) is 0 Å². The van der Waals surface area contributed by atoms with Crippen LogP contribution in [-0.4, -0.2) is 10.7 Å². The summed E-state index contributed by atoms with van der Waals surface area (Å²) in [6, 6.07) is 16.2. The standard InChI is InChI=1S/C18H17ClN2O/c1-18(2)21-16(14-5-3-4-6-17(14)22-18)11-15(20-21)12-7-9-13(19)10-8-12/h3-11,16,20H,1-2H3/t16-/m0/s1. The first kappa shape index (κ1) is 13.7. The van der Waals surface area contributed by atoms with E-state index in [1.807, 2.05) is 42.5 Å². The van der Waals surface area contributed by atoms with Crippen LogP contribution in [0.1, 0.15) is 31.0 Å². The quantitative estimate of drug-likeness (QED) is 0.846. The van der Waals surface area contributed by atoms with Gasteiger partial charge in [-0.3, -0.25) is 0 Å². The van der Waals surface area contributed by atoms with Gasteiger partial charge in [-0.2, -0.15) is 5.01 Å². The van der Waals surface area contributed by atoms with Gasteiger partial charge in [0.1, 0.15) is 5.75 Å². The lowest BCUT2D eigenvalue weighted by Gasteiger charge is -2.44. The zero-order chi connectivity index (χ0) is 15.3. The number of para-hydroxylation sites is 1. The fraction of sp³-hybridized carbons (Fsp3) is 0.222. The van der Waals surface area contributed by atoms with Gasteiger partial charge in [-0.25, -0.2) is 0 Å². The number of nitrogens with zero attached hydrogens (tertiary/aromatic N) is 1. The Bertz CT molecular complexity index is 752. The molecule has 22 heavy (non-hydrogen) atoms. The predicted molar refractivity (Wildman–Crippen MR) is 88.3 cm³/mol. The van der Waals surface area contributed by atoms with E-state index >= 15 is 0 Å². The highest BCUT2D eigenvalue weighted by Gasteiger charge is 2.44. The van der Waals surface area contributed by atoms with Crippen LogP contribution in [0.3, 0.4) is 0 Å². The van der Waals surface area contributed by atoms with Gasteiger partial charge in [0.25, 0.3) is 0 Å². The van der Waals surface area contributed by atoms with Crippen molar-refractivity contribution in [3.8, 4) is 5.75 Å². The van der Waals surface area contributed by atoms with Crippen molar-refractivity contribution >= 4 is 17.3 Å². The fourth-order valence-corrected chi connectivity index (χ4v) is 3.22. The van der Waals surface area contributed by atoms with Crippen molar-refractivity contribution < 1.29 is 4.74 Å². The summed E-state index contributed by atoms with van der Waals surface area (Å²) in [6.07, 6.45) is 2.24. The first-order valence-corrected chi connectivity index (χ1v) is 7.74. The molecule has 0 amide bonds. The number of hydrazine groups is 1. The van der Waals surface area contributed by atoms with E-state index in [0.717, 1.165) is 22.0 Å². The van der Waals surface area contributed by atoms with Gasteiger partial charge in [-0.05, 0) is 43.7 Å². The number of rotatable bonds is 1. The molecule has 0 fully saturated rings. The van der Waals surface area contributed by atoms with Crippen molar-refractivity contribution in [3.05, 3.63) is 70.8 Å². The summed E-state index contributed by atoms with van der Waals surface area (Å²) in [7, 11) is 0. The Morgan fingerprint density at radius 2 is 1.82 bits per heavy atom. The molecule has 4 rings (SSSR count). The van der Waals surface area contributed by atoms with E-state index in [0.29, 0.717) is 0 Å². The molecular weight excluding hydrogens is 296 g/mol. The summed E-state index contributed by atoms with van der Waals surface area (Å²) in [5, 5.41) is 2.90. The molecule has 0 unspecified atom stereocenters. The lowest BCUT2D eigenvalue weighted by molar-refractivity contribution is -0.103. The molecule has 0 saturated heterocycles. The highest BCUT2D eigenvalue weighted by molar-refractivity contribution is 6.30. The van der Waals surface area contributed by atoms with Crippen molar-refractivity contribution in [2.45, 2.75) is 25.6 Å². The lowest BCUT2D eigenvalue weighted by atomic mass is 10.00. The summed E-state index contributed by atoms with van der Waals surface area (Å²) >= 11 is 5.98. The smallest absolute Gasteiger partial charge is 0.174 e. The summed E-state index contributed by atoms with van der Waals surface area (Å²) in [6.45, 7) is 4.14. The molecule has 2 aromatic carbocycles. The number of nitrogens with one attached hydrogen (secondary N) is 1. The third-order valence-electron chi connectivity index (χ3n) is 4.18. The highest BCUT2D eigenvalue weighted by atomic mass is 35.5. The third kappa shape index (κ3) is 2.09. The monoisotopic (exact) mass is 312 g/mol. The van der Waals surface area contributed by atoms with Gasteiger partial charge >= 0.3 is 0 Å². The number of hydrogen-bond acceptors (Lipinski definition) is 3.